The van der Waals surface area contributed by atoms with E-state index < -0.39 is 0 Å². The number of hydrogen-bond donors (Lipinski definition) is 1. The third-order valence-corrected chi connectivity index (χ3v) is 2.96. The summed E-state index contributed by atoms with van der Waals surface area (Å²) in [4.78, 5) is 0. The lowest BCUT2D eigenvalue weighted by molar-refractivity contribution is 0.351. The number of aryl methyl sites for hydroxylation is 1. The maximum absolute atomic E-state index is 6.10. The number of hydrogen-bond acceptors (Lipinski definition) is 2. The third kappa shape index (κ3) is 2.45. The number of rotatable bonds is 3. The Hall–Kier alpha value is -1.28. The summed E-state index contributed by atoms with van der Waals surface area (Å²) in [5.41, 5.74) is 9.76. The maximum Gasteiger partial charge on any atom is 0.120 e. The largest absolute Gasteiger partial charge is 0.489 e. The molecule has 1 unspecified atom stereocenters. The van der Waals surface area contributed by atoms with Crippen molar-refractivity contribution in [3.63, 3.8) is 0 Å². The first kappa shape index (κ1) is 11.2. The SMILES string of the molecule is C=C(C)COc1ccc2c(c1)C(N)CCC2. The zero-order chi connectivity index (χ0) is 11.5. The Morgan fingerprint density at radius 1 is 1.56 bits per heavy atom. The molecule has 2 N–H and O–H groups in total. The molecule has 0 bridgehead atoms. The van der Waals surface area contributed by atoms with E-state index >= 15 is 0 Å². The molecule has 0 fully saturated rings. The highest BCUT2D eigenvalue weighted by atomic mass is 16.5. The van der Waals surface area contributed by atoms with Gasteiger partial charge >= 0.3 is 0 Å². The van der Waals surface area contributed by atoms with Crippen LogP contribution in [-0.2, 0) is 6.42 Å². The lowest BCUT2D eigenvalue weighted by atomic mass is 9.88. The second-order valence-electron chi connectivity index (χ2n) is 4.61. The average Bonchev–Trinajstić information content (AvgIpc) is 2.27. The monoisotopic (exact) mass is 217 g/mol. The quantitative estimate of drug-likeness (QED) is 0.790. The molecule has 0 amide bonds. The van der Waals surface area contributed by atoms with E-state index in [-0.39, 0.29) is 6.04 Å². The van der Waals surface area contributed by atoms with E-state index in [2.05, 4.69) is 18.7 Å². The second-order valence-corrected chi connectivity index (χ2v) is 4.61. The lowest BCUT2D eigenvalue weighted by Crippen LogP contribution is -2.17. The van der Waals surface area contributed by atoms with Crippen LogP contribution in [0.1, 0.15) is 36.9 Å². The van der Waals surface area contributed by atoms with Crippen molar-refractivity contribution in [2.45, 2.75) is 32.2 Å². The van der Waals surface area contributed by atoms with Crippen LogP contribution in [0.5, 0.6) is 5.75 Å². The summed E-state index contributed by atoms with van der Waals surface area (Å²) < 4.78 is 5.63. The highest BCUT2D eigenvalue weighted by Gasteiger charge is 2.17. The van der Waals surface area contributed by atoms with Gasteiger partial charge in [-0.1, -0.05) is 12.6 Å². The Labute approximate surface area is 97.1 Å². The molecule has 0 saturated carbocycles. The highest BCUT2D eigenvalue weighted by molar-refractivity contribution is 5.39. The van der Waals surface area contributed by atoms with Crippen molar-refractivity contribution in [2.75, 3.05) is 6.61 Å². The van der Waals surface area contributed by atoms with Gasteiger partial charge in [0.1, 0.15) is 12.4 Å². The van der Waals surface area contributed by atoms with Gasteiger partial charge < -0.3 is 10.5 Å². The Balaban J connectivity index is 2.17. The van der Waals surface area contributed by atoms with E-state index in [0.717, 1.165) is 24.2 Å². The Kier molecular flexibility index (Phi) is 3.30. The first-order chi connectivity index (χ1) is 7.66. The molecule has 1 aromatic rings. The summed E-state index contributed by atoms with van der Waals surface area (Å²) >= 11 is 0. The fraction of sp³-hybridized carbons (Fsp3) is 0.429. The molecule has 2 heteroatoms. The van der Waals surface area contributed by atoms with Gasteiger partial charge in [-0.15, -0.1) is 0 Å². The average molecular weight is 217 g/mol. The molecule has 16 heavy (non-hydrogen) atoms. The fourth-order valence-corrected chi connectivity index (χ4v) is 2.11. The van der Waals surface area contributed by atoms with Crippen LogP contribution in [0, 0.1) is 0 Å². The Bertz CT molecular complexity index is 398. The van der Waals surface area contributed by atoms with Crippen LogP contribution in [0.4, 0.5) is 0 Å². The van der Waals surface area contributed by atoms with Crippen LogP contribution < -0.4 is 10.5 Å². The van der Waals surface area contributed by atoms with E-state index in [4.69, 9.17) is 10.5 Å². The minimum Gasteiger partial charge on any atom is -0.489 e. The molecule has 0 aromatic heterocycles. The molecule has 1 atom stereocenters. The predicted molar refractivity (Wildman–Crippen MR) is 66.6 cm³/mol. The number of benzene rings is 1. The molecule has 2 rings (SSSR count). The zero-order valence-corrected chi connectivity index (χ0v) is 9.83. The zero-order valence-electron chi connectivity index (χ0n) is 9.83. The van der Waals surface area contributed by atoms with Crippen molar-refractivity contribution in [2.24, 2.45) is 5.73 Å². The van der Waals surface area contributed by atoms with E-state index in [1.807, 2.05) is 13.0 Å². The van der Waals surface area contributed by atoms with Crippen LogP contribution in [0.2, 0.25) is 0 Å². The topological polar surface area (TPSA) is 35.2 Å². The van der Waals surface area contributed by atoms with E-state index in [9.17, 15) is 0 Å². The summed E-state index contributed by atoms with van der Waals surface area (Å²) in [5, 5.41) is 0. The first-order valence-corrected chi connectivity index (χ1v) is 5.82. The molecule has 1 aromatic carbocycles. The molecule has 0 saturated heterocycles. The van der Waals surface area contributed by atoms with Gasteiger partial charge in [0.2, 0.25) is 0 Å². The van der Waals surface area contributed by atoms with E-state index in [1.165, 1.54) is 17.5 Å². The molecule has 0 heterocycles. The first-order valence-electron chi connectivity index (χ1n) is 5.82. The molecule has 0 radical (unpaired) electrons. The Morgan fingerprint density at radius 2 is 2.38 bits per heavy atom. The van der Waals surface area contributed by atoms with Gasteiger partial charge in [0.25, 0.3) is 0 Å². The minimum absolute atomic E-state index is 0.178. The second kappa shape index (κ2) is 4.71. The molecule has 86 valence electrons. The summed E-state index contributed by atoms with van der Waals surface area (Å²) in [6, 6.07) is 6.43. The van der Waals surface area contributed by atoms with Crippen LogP contribution in [0.15, 0.2) is 30.4 Å². The van der Waals surface area contributed by atoms with Gasteiger partial charge in [-0.05, 0) is 55.0 Å². The van der Waals surface area contributed by atoms with Crippen molar-refractivity contribution in [1.82, 2.24) is 0 Å². The van der Waals surface area contributed by atoms with Gasteiger partial charge in [0.15, 0.2) is 0 Å². The van der Waals surface area contributed by atoms with Crippen LogP contribution in [0.25, 0.3) is 0 Å². The summed E-state index contributed by atoms with van der Waals surface area (Å²) in [6.07, 6.45) is 3.42. The number of nitrogens with two attached hydrogens (primary N) is 1. The summed E-state index contributed by atoms with van der Waals surface area (Å²) in [6.45, 7) is 6.36. The van der Waals surface area contributed by atoms with Crippen molar-refractivity contribution in [3.05, 3.63) is 41.5 Å². The van der Waals surface area contributed by atoms with Gasteiger partial charge in [-0.2, -0.15) is 0 Å². The van der Waals surface area contributed by atoms with Gasteiger partial charge in [0.05, 0.1) is 0 Å². The van der Waals surface area contributed by atoms with Crippen LogP contribution in [0.3, 0.4) is 0 Å². The van der Waals surface area contributed by atoms with E-state index in [1.54, 1.807) is 0 Å². The fourth-order valence-electron chi connectivity index (χ4n) is 2.11. The molecule has 0 spiro atoms. The molecule has 1 aliphatic rings. The third-order valence-electron chi connectivity index (χ3n) is 2.96. The maximum atomic E-state index is 6.10. The minimum atomic E-state index is 0.178. The normalized spacial score (nSPS) is 19.0. The standard InChI is InChI=1S/C14H19NO/c1-10(2)9-16-12-7-6-11-4-3-5-14(15)13(11)8-12/h6-8,14H,1,3-5,9,15H2,2H3. The Morgan fingerprint density at radius 3 is 3.12 bits per heavy atom. The highest BCUT2D eigenvalue weighted by Crippen LogP contribution is 2.30. The van der Waals surface area contributed by atoms with Crippen LogP contribution >= 0.6 is 0 Å². The van der Waals surface area contributed by atoms with Crippen molar-refractivity contribution in [1.29, 1.82) is 0 Å². The number of ether oxygens (including phenoxy) is 1. The summed E-state index contributed by atoms with van der Waals surface area (Å²) in [7, 11) is 0. The molecule has 0 aliphatic heterocycles. The predicted octanol–water partition coefficient (Wildman–Crippen LogP) is 2.98. The molecule has 2 nitrogen and oxygen atoms in total. The summed E-state index contributed by atoms with van der Waals surface area (Å²) in [5.74, 6) is 0.902. The number of fused-ring (bicyclic) bond motifs is 1. The van der Waals surface area contributed by atoms with Gasteiger partial charge in [-0.3, -0.25) is 0 Å². The van der Waals surface area contributed by atoms with Crippen molar-refractivity contribution >= 4 is 0 Å². The molecule has 1 aliphatic carbocycles. The van der Waals surface area contributed by atoms with Gasteiger partial charge in [0, 0.05) is 6.04 Å². The van der Waals surface area contributed by atoms with Crippen LogP contribution in [-0.4, -0.2) is 6.61 Å². The van der Waals surface area contributed by atoms with E-state index in [0.29, 0.717) is 6.61 Å². The van der Waals surface area contributed by atoms with Crippen molar-refractivity contribution < 1.29 is 4.74 Å². The molecular weight excluding hydrogens is 198 g/mol. The smallest absolute Gasteiger partial charge is 0.120 e. The molecular formula is C14H19NO. The van der Waals surface area contributed by atoms with Gasteiger partial charge in [-0.25, -0.2) is 0 Å². The van der Waals surface area contributed by atoms with Crippen molar-refractivity contribution in [3.8, 4) is 5.75 Å². The lowest BCUT2D eigenvalue weighted by Gasteiger charge is -2.22.